The molecule has 0 aromatic heterocycles. The lowest BCUT2D eigenvalue weighted by atomic mass is 9.85. The van der Waals surface area contributed by atoms with Crippen molar-refractivity contribution in [2.24, 2.45) is 11.1 Å². The molecule has 1 atom stereocenters. The third kappa shape index (κ3) is 5.41. The van der Waals surface area contributed by atoms with Crippen molar-refractivity contribution in [1.29, 1.82) is 0 Å². The van der Waals surface area contributed by atoms with Crippen molar-refractivity contribution in [1.82, 2.24) is 9.80 Å². The maximum Gasteiger partial charge on any atom is 0.224 e. The van der Waals surface area contributed by atoms with E-state index in [2.05, 4.69) is 44.7 Å². The van der Waals surface area contributed by atoms with Crippen LogP contribution in [0.3, 0.4) is 0 Å². The fraction of sp³-hybridized carbons (Fsp3) is 0.938. The number of nitrogens with zero attached hydrogens (tertiary/aromatic N) is 2. The van der Waals surface area contributed by atoms with Crippen LogP contribution in [0, 0.1) is 5.41 Å². The first-order valence-electron chi connectivity index (χ1n) is 7.91. The average Bonchev–Trinajstić information content (AvgIpc) is 2.81. The summed E-state index contributed by atoms with van der Waals surface area (Å²) in [5.41, 5.74) is 6.17. The first-order chi connectivity index (χ1) is 9.21. The highest BCUT2D eigenvalue weighted by atomic mass is 16.2. The molecule has 1 rings (SSSR count). The van der Waals surface area contributed by atoms with Crippen LogP contribution in [0.2, 0.25) is 0 Å². The summed E-state index contributed by atoms with van der Waals surface area (Å²) >= 11 is 0. The molecule has 20 heavy (non-hydrogen) atoms. The lowest BCUT2D eigenvalue weighted by Crippen LogP contribution is -2.46. The van der Waals surface area contributed by atoms with Crippen LogP contribution in [-0.2, 0) is 4.79 Å². The van der Waals surface area contributed by atoms with E-state index in [1.165, 1.54) is 12.8 Å². The minimum absolute atomic E-state index is 0.0153. The molecule has 4 nitrogen and oxygen atoms in total. The first-order valence-corrected chi connectivity index (χ1v) is 7.91. The van der Waals surface area contributed by atoms with E-state index >= 15 is 0 Å². The molecule has 0 bridgehead atoms. The van der Waals surface area contributed by atoms with Gasteiger partial charge in [0, 0.05) is 31.6 Å². The number of nitrogens with two attached hydrogens (primary N) is 1. The molecule has 1 unspecified atom stereocenters. The largest absolute Gasteiger partial charge is 0.338 e. The molecular formula is C16H33N3O. The summed E-state index contributed by atoms with van der Waals surface area (Å²) in [5, 5.41) is 0. The maximum absolute atomic E-state index is 12.6. The Morgan fingerprint density at radius 1 is 1.20 bits per heavy atom. The highest BCUT2D eigenvalue weighted by Crippen LogP contribution is 2.26. The summed E-state index contributed by atoms with van der Waals surface area (Å²) in [4.78, 5) is 16.9. The van der Waals surface area contributed by atoms with Crippen LogP contribution >= 0.6 is 0 Å². The molecule has 1 aliphatic rings. The Hall–Kier alpha value is -0.610. The minimum Gasteiger partial charge on any atom is -0.338 e. The van der Waals surface area contributed by atoms with Gasteiger partial charge in [-0.2, -0.15) is 0 Å². The van der Waals surface area contributed by atoms with Gasteiger partial charge in [0.15, 0.2) is 0 Å². The van der Waals surface area contributed by atoms with Gasteiger partial charge in [0.05, 0.1) is 0 Å². The van der Waals surface area contributed by atoms with E-state index in [4.69, 9.17) is 5.73 Å². The van der Waals surface area contributed by atoms with E-state index in [1.54, 1.807) is 0 Å². The molecule has 2 N–H and O–H groups in total. The van der Waals surface area contributed by atoms with E-state index in [1.807, 2.05) is 0 Å². The molecular weight excluding hydrogens is 250 g/mol. The standard InChI is InChI=1S/C16H33N3O/c1-16(2,3)14(17)12-15(20)19(11-10-18(4)5)13-8-6-7-9-13/h13-14H,6-12,17H2,1-5H3. The van der Waals surface area contributed by atoms with Crippen LogP contribution in [0.15, 0.2) is 0 Å². The number of carbonyl (C=O) groups excluding carboxylic acids is 1. The van der Waals surface area contributed by atoms with Crippen LogP contribution < -0.4 is 5.73 Å². The smallest absolute Gasteiger partial charge is 0.224 e. The monoisotopic (exact) mass is 283 g/mol. The molecule has 0 saturated heterocycles. The van der Waals surface area contributed by atoms with Crippen molar-refractivity contribution >= 4 is 5.91 Å². The SMILES string of the molecule is CN(C)CCN(C(=O)CC(N)C(C)(C)C)C1CCCC1. The van der Waals surface area contributed by atoms with Gasteiger partial charge < -0.3 is 15.5 Å². The molecule has 1 aliphatic carbocycles. The van der Waals surface area contributed by atoms with Crippen molar-refractivity contribution in [2.45, 2.75) is 65.0 Å². The molecule has 0 radical (unpaired) electrons. The van der Waals surface area contributed by atoms with Gasteiger partial charge >= 0.3 is 0 Å². The van der Waals surface area contributed by atoms with Crippen molar-refractivity contribution in [3.8, 4) is 0 Å². The van der Waals surface area contributed by atoms with Crippen molar-refractivity contribution in [3.05, 3.63) is 0 Å². The molecule has 1 amide bonds. The zero-order valence-electron chi connectivity index (χ0n) is 14.0. The van der Waals surface area contributed by atoms with Gasteiger partial charge in [0.25, 0.3) is 0 Å². The molecule has 0 aliphatic heterocycles. The highest BCUT2D eigenvalue weighted by molar-refractivity contribution is 5.77. The third-order valence-electron chi connectivity index (χ3n) is 4.38. The Kier molecular flexibility index (Phi) is 6.46. The Bertz CT molecular complexity index is 303. The normalized spacial score (nSPS) is 18.6. The summed E-state index contributed by atoms with van der Waals surface area (Å²) in [6.45, 7) is 8.06. The predicted octanol–water partition coefficient (Wildman–Crippen LogP) is 2.08. The number of amides is 1. The van der Waals surface area contributed by atoms with Gasteiger partial charge in [-0.25, -0.2) is 0 Å². The van der Waals surface area contributed by atoms with Gasteiger partial charge in [0.2, 0.25) is 5.91 Å². The molecule has 1 fully saturated rings. The van der Waals surface area contributed by atoms with E-state index in [-0.39, 0.29) is 17.4 Å². The quantitative estimate of drug-likeness (QED) is 0.812. The fourth-order valence-corrected chi connectivity index (χ4v) is 2.65. The number of carbonyl (C=O) groups is 1. The van der Waals surface area contributed by atoms with Gasteiger partial charge in [-0.15, -0.1) is 0 Å². The lowest BCUT2D eigenvalue weighted by Gasteiger charge is -2.33. The van der Waals surface area contributed by atoms with Crippen LogP contribution in [0.5, 0.6) is 0 Å². The summed E-state index contributed by atoms with van der Waals surface area (Å²) in [5.74, 6) is 0.237. The molecule has 0 aromatic rings. The first kappa shape index (κ1) is 17.4. The van der Waals surface area contributed by atoms with Crippen LogP contribution in [0.25, 0.3) is 0 Å². The Morgan fingerprint density at radius 2 is 1.75 bits per heavy atom. The Balaban J connectivity index is 2.63. The third-order valence-corrected chi connectivity index (χ3v) is 4.38. The van der Waals surface area contributed by atoms with Crippen molar-refractivity contribution in [3.63, 3.8) is 0 Å². The maximum atomic E-state index is 12.6. The zero-order valence-corrected chi connectivity index (χ0v) is 14.0. The van der Waals surface area contributed by atoms with Gasteiger partial charge in [0.1, 0.15) is 0 Å². The summed E-state index contributed by atoms with van der Waals surface area (Å²) in [6.07, 6.45) is 5.28. The molecule has 1 saturated carbocycles. The number of hydrogen-bond acceptors (Lipinski definition) is 3. The summed E-state index contributed by atoms with van der Waals surface area (Å²) in [7, 11) is 4.11. The molecule has 4 heteroatoms. The summed E-state index contributed by atoms with van der Waals surface area (Å²) < 4.78 is 0. The topological polar surface area (TPSA) is 49.6 Å². The van der Waals surface area contributed by atoms with E-state index in [9.17, 15) is 4.79 Å². The fourth-order valence-electron chi connectivity index (χ4n) is 2.65. The van der Waals surface area contributed by atoms with Crippen molar-refractivity contribution < 1.29 is 4.79 Å². The Morgan fingerprint density at radius 3 is 2.20 bits per heavy atom. The van der Waals surface area contributed by atoms with Crippen LogP contribution in [-0.4, -0.2) is 55.0 Å². The zero-order chi connectivity index (χ0) is 15.3. The predicted molar refractivity (Wildman–Crippen MR) is 84.6 cm³/mol. The number of likely N-dealkylation sites (N-methyl/N-ethyl adjacent to an activating group) is 1. The van der Waals surface area contributed by atoms with E-state index in [0.717, 1.165) is 25.9 Å². The van der Waals surface area contributed by atoms with E-state index < -0.39 is 0 Å². The average molecular weight is 283 g/mol. The van der Waals surface area contributed by atoms with Crippen molar-refractivity contribution in [2.75, 3.05) is 27.2 Å². The highest BCUT2D eigenvalue weighted by Gasteiger charge is 2.30. The number of rotatable bonds is 6. The van der Waals surface area contributed by atoms with Gasteiger partial charge in [-0.3, -0.25) is 4.79 Å². The lowest BCUT2D eigenvalue weighted by molar-refractivity contribution is -0.134. The second-order valence-electron chi connectivity index (χ2n) is 7.51. The molecule has 0 heterocycles. The van der Waals surface area contributed by atoms with Crippen LogP contribution in [0.1, 0.15) is 52.9 Å². The number of hydrogen-bond donors (Lipinski definition) is 1. The molecule has 0 spiro atoms. The van der Waals surface area contributed by atoms with E-state index in [0.29, 0.717) is 12.5 Å². The molecule has 118 valence electrons. The minimum atomic E-state index is -0.0711. The second-order valence-corrected chi connectivity index (χ2v) is 7.51. The Labute approximate surface area is 124 Å². The van der Waals surface area contributed by atoms with Gasteiger partial charge in [-0.1, -0.05) is 33.6 Å². The molecule has 0 aromatic carbocycles. The van der Waals surface area contributed by atoms with Gasteiger partial charge in [-0.05, 0) is 32.4 Å². The second kappa shape index (κ2) is 7.41. The van der Waals surface area contributed by atoms with Crippen LogP contribution in [0.4, 0.5) is 0 Å². The summed E-state index contributed by atoms with van der Waals surface area (Å²) in [6, 6.07) is 0.368.